The van der Waals surface area contributed by atoms with E-state index in [0.29, 0.717) is 10.8 Å². The molecule has 2 rings (SSSR count). The van der Waals surface area contributed by atoms with Gasteiger partial charge in [0.2, 0.25) is 0 Å². The van der Waals surface area contributed by atoms with E-state index < -0.39 is 9.84 Å². The molecule has 0 saturated carbocycles. The second-order valence-corrected chi connectivity index (χ2v) is 7.89. The first-order chi connectivity index (χ1) is 9.36. The van der Waals surface area contributed by atoms with Gasteiger partial charge in [-0.1, -0.05) is 6.07 Å². The molecule has 1 aliphatic heterocycles. The minimum Gasteiger partial charge on any atom is -0.385 e. The van der Waals surface area contributed by atoms with Crippen molar-refractivity contribution in [3.8, 4) is 0 Å². The summed E-state index contributed by atoms with van der Waals surface area (Å²) in [4.78, 5) is 2.74. The molecule has 0 atom stereocenters. The molecule has 1 heterocycles. The predicted octanol–water partition coefficient (Wildman–Crippen LogP) is 2.15. The number of hydrogen-bond acceptors (Lipinski definition) is 4. The predicted molar refractivity (Wildman–Crippen MR) is 83.0 cm³/mol. The highest BCUT2D eigenvalue weighted by Gasteiger charge is 2.17. The number of piperidine rings is 1. The van der Waals surface area contributed by atoms with E-state index in [9.17, 15) is 8.42 Å². The van der Waals surface area contributed by atoms with Gasteiger partial charge in [-0.2, -0.15) is 0 Å². The second-order valence-electron chi connectivity index (χ2n) is 5.88. The molecule has 0 unspecified atom stereocenters. The Morgan fingerprint density at radius 2 is 1.95 bits per heavy atom. The van der Waals surface area contributed by atoms with Gasteiger partial charge in [0.1, 0.15) is 0 Å². The Bertz CT molecular complexity index is 561. The summed E-state index contributed by atoms with van der Waals surface area (Å²) in [5.41, 5.74) is 2.03. The SMILES string of the molecule is Cc1ccc(S(C)(=O)=O)cc1NCC1CCN(C)CC1. The van der Waals surface area contributed by atoms with Crippen molar-refractivity contribution in [3.63, 3.8) is 0 Å². The zero-order chi connectivity index (χ0) is 14.8. The Hall–Kier alpha value is -1.07. The normalized spacial score (nSPS) is 18.1. The number of likely N-dealkylation sites (tertiary alicyclic amines) is 1. The Balaban J connectivity index is 2.02. The average molecular weight is 296 g/mol. The molecule has 0 spiro atoms. The third-order valence-electron chi connectivity index (χ3n) is 4.06. The molecule has 0 radical (unpaired) electrons. The molecule has 0 aromatic heterocycles. The first kappa shape index (κ1) is 15.3. The maximum Gasteiger partial charge on any atom is 0.175 e. The molecule has 112 valence electrons. The van der Waals surface area contributed by atoms with E-state index in [2.05, 4.69) is 17.3 Å². The monoisotopic (exact) mass is 296 g/mol. The average Bonchev–Trinajstić information content (AvgIpc) is 2.38. The third-order valence-corrected chi connectivity index (χ3v) is 5.17. The highest BCUT2D eigenvalue weighted by atomic mass is 32.2. The Morgan fingerprint density at radius 3 is 2.55 bits per heavy atom. The molecule has 4 nitrogen and oxygen atoms in total. The van der Waals surface area contributed by atoms with Gasteiger partial charge in [-0.25, -0.2) is 8.42 Å². The molecule has 20 heavy (non-hydrogen) atoms. The number of sulfone groups is 1. The third kappa shape index (κ3) is 3.96. The molecule has 5 heteroatoms. The van der Waals surface area contributed by atoms with Crippen molar-refractivity contribution in [2.75, 3.05) is 38.3 Å². The number of nitrogens with one attached hydrogen (secondary N) is 1. The van der Waals surface area contributed by atoms with Gasteiger partial charge in [0, 0.05) is 18.5 Å². The lowest BCUT2D eigenvalue weighted by Gasteiger charge is -2.29. The summed E-state index contributed by atoms with van der Waals surface area (Å²) >= 11 is 0. The molecule has 1 aromatic rings. The van der Waals surface area contributed by atoms with Gasteiger partial charge in [-0.15, -0.1) is 0 Å². The van der Waals surface area contributed by atoms with Gasteiger partial charge in [0.15, 0.2) is 9.84 Å². The molecule has 0 bridgehead atoms. The van der Waals surface area contributed by atoms with Crippen LogP contribution in [0.3, 0.4) is 0 Å². The van der Waals surface area contributed by atoms with Crippen LogP contribution >= 0.6 is 0 Å². The van der Waals surface area contributed by atoms with Crippen LogP contribution in [0.25, 0.3) is 0 Å². The van der Waals surface area contributed by atoms with Crippen molar-refractivity contribution in [2.45, 2.75) is 24.7 Å². The summed E-state index contributed by atoms with van der Waals surface area (Å²) in [6.07, 6.45) is 3.65. The van der Waals surface area contributed by atoms with E-state index in [1.54, 1.807) is 12.1 Å². The molecule has 1 N–H and O–H groups in total. The molecular formula is C15H24N2O2S. The summed E-state index contributed by atoms with van der Waals surface area (Å²) < 4.78 is 23.2. The van der Waals surface area contributed by atoms with E-state index in [-0.39, 0.29) is 0 Å². The number of anilines is 1. The van der Waals surface area contributed by atoms with Crippen molar-refractivity contribution in [3.05, 3.63) is 23.8 Å². The van der Waals surface area contributed by atoms with Crippen LogP contribution in [0.2, 0.25) is 0 Å². The zero-order valence-corrected chi connectivity index (χ0v) is 13.3. The number of nitrogens with zero attached hydrogens (tertiary/aromatic N) is 1. The van der Waals surface area contributed by atoms with Crippen LogP contribution in [0, 0.1) is 12.8 Å². The van der Waals surface area contributed by atoms with E-state index in [1.807, 2.05) is 13.0 Å². The van der Waals surface area contributed by atoms with Crippen molar-refractivity contribution in [1.82, 2.24) is 4.90 Å². The summed E-state index contributed by atoms with van der Waals surface area (Å²) in [5.74, 6) is 0.674. The largest absolute Gasteiger partial charge is 0.385 e. The lowest BCUT2D eigenvalue weighted by atomic mass is 9.97. The van der Waals surface area contributed by atoms with Crippen LogP contribution in [0.15, 0.2) is 23.1 Å². The van der Waals surface area contributed by atoms with Crippen LogP contribution in [0.4, 0.5) is 5.69 Å². The molecule has 1 fully saturated rings. The van der Waals surface area contributed by atoms with Gasteiger partial charge < -0.3 is 10.2 Å². The smallest absolute Gasteiger partial charge is 0.175 e. The van der Waals surface area contributed by atoms with Gasteiger partial charge >= 0.3 is 0 Å². The van der Waals surface area contributed by atoms with Crippen molar-refractivity contribution >= 4 is 15.5 Å². The highest BCUT2D eigenvalue weighted by molar-refractivity contribution is 7.90. The Morgan fingerprint density at radius 1 is 1.30 bits per heavy atom. The van der Waals surface area contributed by atoms with E-state index in [0.717, 1.165) is 30.9 Å². The van der Waals surface area contributed by atoms with Gasteiger partial charge in [0.25, 0.3) is 0 Å². The summed E-state index contributed by atoms with van der Waals surface area (Å²) in [6, 6.07) is 5.29. The first-order valence-corrected chi connectivity index (χ1v) is 8.98. The van der Waals surface area contributed by atoms with Crippen molar-refractivity contribution in [2.24, 2.45) is 5.92 Å². The topological polar surface area (TPSA) is 49.4 Å². The van der Waals surface area contributed by atoms with Gasteiger partial charge in [-0.3, -0.25) is 0 Å². The van der Waals surface area contributed by atoms with E-state index >= 15 is 0 Å². The van der Waals surface area contributed by atoms with E-state index in [1.165, 1.54) is 19.1 Å². The number of rotatable bonds is 4. The lowest BCUT2D eigenvalue weighted by molar-refractivity contribution is 0.226. The minimum atomic E-state index is -3.14. The number of hydrogen-bond donors (Lipinski definition) is 1. The number of aryl methyl sites for hydroxylation is 1. The van der Waals surface area contributed by atoms with Gasteiger partial charge in [0.05, 0.1) is 4.90 Å². The molecule has 1 aliphatic rings. The van der Waals surface area contributed by atoms with Crippen LogP contribution in [-0.2, 0) is 9.84 Å². The summed E-state index contributed by atoms with van der Waals surface area (Å²) in [5, 5.41) is 3.43. The van der Waals surface area contributed by atoms with Crippen molar-refractivity contribution < 1.29 is 8.42 Å². The molecular weight excluding hydrogens is 272 g/mol. The fraction of sp³-hybridized carbons (Fsp3) is 0.600. The molecule has 0 aliphatic carbocycles. The zero-order valence-electron chi connectivity index (χ0n) is 12.5. The highest BCUT2D eigenvalue weighted by Crippen LogP contribution is 2.22. The quantitative estimate of drug-likeness (QED) is 0.925. The maximum atomic E-state index is 11.6. The van der Waals surface area contributed by atoms with Crippen LogP contribution in [-0.4, -0.2) is 46.3 Å². The van der Waals surface area contributed by atoms with E-state index in [4.69, 9.17) is 0 Å². The van der Waals surface area contributed by atoms with Crippen LogP contribution in [0.5, 0.6) is 0 Å². The fourth-order valence-electron chi connectivity index (χ4n) is 2.54. The summed E-state index contributed by atoms with van der Waals surface area (Å²) in [7, 11) is -0.983. The van der Waals surface area contributed by atoms with Crippen LogP contribution in [0.1, 0.15) is 18.4 Å². The number of benzene rings is 1. The standard InChI is InChI=1S/C15H24N2O2S/c1-12-4-5-14(20(3,18)19)10-15(12)16-11-13-6-8-17(2)9-7-13/h4-5,10,13,16H,6-9,11H2,1-3H3. The molecule has 1 saturated heterocycles. The molecule has 1 aromatic carbocycles. The van der Waals surface area contributed by atoms with Crippen LogP contribution < -0.4 is 5.32 Å². The maximum absolute atomic E-state index is 11.6. The Kier molecular flexibility index (Phi) is 4.70. The first-order valence-electron chi connectivity index (χ1n) is 7.09. The van der Waals surface area contributed by atoms with Crippen molar-refractivity contribution in [1.29, 1.82) is 0 Å². The second kappa shape index (κ2) is 6.14. The minimum absolute atomic E-state index is 0.383. The fourth-order valence-corrected chi connectivity index (χ4v) is 3.19. The summed E-state index contributed by atoms with van der Waals surface area (Å²) in [6.45, 7) is 5.22. The molecule has 0 amide bonds. The lowest BCUT2D eigenvalue weighted by Crippen LogP contribution is -2.33. The Labute approximate surface area is 122 Å². The van der Waals surface area contributed by atoms with Gasteiger partial charge in [-0.05, 0) is 63.5 Å².